The molecule has 0 spiro atoms. The summed E-state index contributed by atoms with van der Waals surface area (Å²) in [5.74, 6) is -1.09. The second-order valence-electron chi connectivity index (χ2n) is 3.75. The zero-order valence-corrected chi connectivity index (χ0v) is 10.1. The average molecular weight is 255 g/mol. The van der Waals surface area contributed by atoms with Gasteiger partial charge in [0.15, 0.2) is 0 Å². The molecule has 0 radical (unpaired) electrons. The molecule has 0 aliphatic heterocycles. The van der Waals surface area contributed by atoms with Gasteiger partial charge in [0.2, 0.25) is 11.8 Å². The van der Waals surface area contributed by atoms with Crippen molar-refractivity contribution in [1.82, 2.24) is 9.78 Å². The van der Waals surface area contributed by atoms with Gasteiger partial charge in [-0.05, 0) is 0 Å². The molecule has 0 saturated carbocycles. The van der Waals surface area contributed by atoms with Crippen molar-refractivity contribution in [3.63, 3.8) is 0 Å². The van der Waals surface area contributed by atoms with Crippen molar-refractivity contribution >= 4 is 17.5 Å². The number of anilines is 1. The Labute approximate surface area is 104 Å². The molecule has 0 saturated heterocycles. The number of amides is 2. The monoisotopic (exact) mass is 255 g/mol. The van der Waals surface area contributed by atoms with Crippen LogP contribution in [-0.2, 0) is 20.9 Å². The fourth-order valence-corrected chi connectivity index (χ4v) is 1.28. The maximum atomic E-state index is 11.6. The molecule has 5 N–H and O–H groups in total. The highest BCUT2D eigenvalue weighted by atomic mass is 16.5. The van der Waals surface area contributed by atoms with Crippen molar-refractivity contribution in [3.05, 3.63) is 12.4 Å². The number of rotatable bonds is 7. The first kappa shape index (κ1) is 14.1. The molecule has 0 aliphatic rings. The molecule has 2 amide bonds. The van der Waals surface area contributed by atoms with Gasteiger partial charge in [-0.1, -0.05) is 0 Å². The number of primary amides is 1. The first-order chi connectivity index (χ1) is 8.52. The summed E-state index contributed by atoms with van der Waals surface area (Å²) < 4.78 is 6.52. The number of carbonyl (C=O) groups excluding carboxylic acids is 2. The lowest BCUT2D eigenvalue weighted by Crippen LogP contribution is -2.38. The summed E-state index contributed by atoms with van der Waals surface area (Å²) in [5, 5.41) is 6.56. The van der Waals surface area contributed by atoms with E-state index in [1.54, 1.807) is 18.0 Å². The smallest absolute Gasteiger partial charge is 0.241 e. The third-order valence-corrected chi connectivity index (χ3v) is 2.18. The Kier molecular flexibility index (Phi) is 5.28. The molecule has 18 heavy (non-hydrogen) atoms. The third-order valence-electron chi connectivity index (χ3n) is 2.18. The zero-order chi connectivity index (χ0) is 13.5. The fraction of sp³-hybridized carbons (Fsp3) is 0.500. The van der Waals surface area contributed by atoms with Crippen molar-refractivity contribution in [2.24, 2.45) is 11.5 Å². The summed E-state index contributed by atoms with van der Waals surface area (Å²) in [7, 11) is 1.59. The predicted molar refractivity (Wildman–Crippen MR) is 64.5 cm³/mol. The summed E-state index contributed by atoms with van der Waals surface area (Å²) in [6.07, 6.45) is 2.95. The van der Waals surface area contributed by atoms with Gasteiger partial charge in [0.1, 0.15) is 0 Å². The summed E-state index contributed by atoms with van der Waals surface area (Å²) in [6, 6.07) is -0.954. The van der Waals surface area contributed by atoms with Crippen molar-refractivity contribution in [3.8, 4) is 0 Å². The first-order valence-electron chi connectivity index (χ1n) is 5.39. The average Bonchev–Trinajstić information content (AvgIpc) is 2.73. The maximum Gasteiger partial charge on any atom is 0.241 e. The zero-order valence-electron chi connectivity index (χ0n) is 10.1. The molecule has 1 aromatic heterocycles. The van der Waals surface area contributed by atoms with Crippen LogP contribution in [-0.4, -0.2) is 41.4 Å². The van der Waals surface area contributed by atoms with E-state index in [1.165, 1.54) is 6.20 Å². The van der Waals surface area contributed by atoms with E-state index < -0.39 is 17.9 Å². The van der Waals surface area contributed by atoms with Crippen molar-refractivity contribution < 1.29 is 14.3 Å². The van der Waals surface area contributed by atoms with E-state index in [2.05, 4.69) is 10.4 Å². The van der Waals surface area contributed by atoms with Gasteiger partial charge in [-0.15, -0.1) is 0 Å². The Morgan fingerprint density at radius 2 is 2.33 bits per heavy atom. The number of nitrogens with one attached hydrogen (secondary N) is 1. The molecule has 8 nitrogen and oxygen atoms in total. The fourth-order valence-electron chi connectivity index (χ4n) is 1.28. The highest BCUT2D eigenvalue weighted by Crippen LogP contribution is 2.05. The van der Waals surface area contributed by atoms with E-state index in [0.717, 1.165) is 0 Å². The van der Waals surface area contributed by atoms with Crippen LogP contribution >= 0.6 is 0 Å². The first-order valence-corrected chi connectivity index (χ1v) is 5.39. The van der Waals surface area contributed by atoms with Crippen LogP contribution in [0.3, 0.4) is 0 Å². The van der Waals surface area contributed by atoms with E-state index in [0.29, 0.717) is 18.8 Å². The van der Waals surface area contributed by atoms with Crippen molar-refractivity contribution in [1.29, 1.82) is 0 Å². The van der Waals surface area contributed by atoms with Gasteiger partial charge < -0.3 is 21.5 Å². The number of nitrogens with two attached hydrogens (primary N) is 2. The second-order valence-corrected chi connectivity index (χ2v) is 3.75. The molecular weight excluding hydrogens is 238 g/mol. The number of ether oxygens (including phenoxy) is 1. The number of methoxy groups -OCH3 is 1. The number of aromatic nitrogens is 2. The summed E-state index contributed by atoms with van der Waals surface area (Å²) in [6.45, 7) is 1.11. The quantitative estimate of drug-likeness (QED) is 0.556. The molecule has 0 fully saturated rings. The molecule has 100 valence electrons. The summed E-state index contributed by atoms with van der Waals surface area (Å²) in [4.78, 5) is 22.2. The Morgan fingerprint density at radius 1 is 1.61 bits per heavy atom. The molecule has 0 bridgehead atoms. The predicted octanol–water partition coefficient (Wildman–Crippen LogP) is -1.33. The van der Waals surface area contributed by atoms with Crippen LogP contribution in [0.1, 0.15) is 6.42 Å². The van der Waals surface area contributed by atoms with E-state index in [-0.39, 0.29) is 6.42 Å². The van der Waals surface area contributed by atoms with Crippen LogP contribution in [0.15, 0.2) is 12.4 Å². The Bertz CT molecular complexity index is 417. The lowest BCUT2D eigenvalue weighted by atomic mass is 10.2. The molecule has 0 aromatic carbocycles. The number of carbonyl (C=O) groups is 2. The number of nitrogens with zero attached hydrogens (tertiary/aromatic N) is 2. The molecule has 1 atom stereocenters. The van der Waals surface area contributed by atoms with Gasteiger partial charge in [0, 0.05) is 13.3 Å². The van der Waals surface area contributed by atoms with E-state index in [1.807, 2.05) is 0 Å². The highest BCUT2D eigenvalue weighted by molar-refractivity contribution is 5.96. The molecule has 0 aliphatic carbocycles. The van der Waals surface area contributed by atoms with Gasteiger partial charge in [0.05, 0.1) is 37.5 Å². The van der Waals surface area contributed by atoms with Crippen molar-refractivity contribution in [2.75, 3.05) is 19.0 Å². The van der Waals surface area contributed by atoms with Crippen LogP contribution < -0.4 is 16.8 Å². The van der Waals surface area contributed by atoms with Crippen LogP contribution in [0, 0.1) is 0 Å². The van der Waals surface area contributed by atoms with Gasteiger partial charge >= 0.3 is 0 Å². The maximum absolute atomic E-state index is 11.6. The number of hydrogen-bond acceptors (Lipinski definition) is 5. The Hall–Kier alpha value is -1.93. The van der Waals surface area contributed by atoms with E-state index >= 15 is 0 Å². The van der Waals surface area contributed by atoms with Gasteiger partial charge in [-0.3, -0.25) is 14.3 Å². The van der Waals surface area contributed by atoms with Crippen LogP contribution in [0.4, 0.5) is 5.69 Å². The molecule has 8 heteroatoms. The van der Waals surface area contributed by atoms with Gasteiger partial charge in [-0.25, -0.2) is 0 Å². The van der Waals surface area contributed by atoms with Gasteiger partial charge in [0.25, 0.3) is 0 Å². The van der Waals surface area contributed by atoms with Crippen LogP contribution in [0.5, 0.6) is 0 Å². The standard InChI is InChI=1S/C10H17N5O3/c1-18-3-2-15-6-7(5-13-15)14-10(17)8(11)4-9(12)16/h5-6,8H,2-4,11H2,1H3,(H2,12,16)(H,14,17). The van der Waals surface area contributed by atoms with Crippen LogP contribution in [0.25, 0.3) is 0 Å². The lowest BCUT2D eigenvalue weighted by molar-refractivity contribution is -0.123. The minimum atomic E-state index is -0.954. The largest absolute Gasteiger partial charge is 0.383 e. The normalized spacial score (nSPS) is 12.1. The topological polar surface area (TPSA) is 125 Å². The van der Waals surface area contributed by atoms with E-state index in [9.17, 15) is 9.59 Å². The van der Waals surface area contributed by atoms with Crippen LogP contribution in [0.2, 0.25) is 0 Å². The highest BCUT2D eigenvalue weighted by Gasteiger charge is 2.16. The Morgan fingerprint density at radius 3 is 2.94 bits per heavy atom. The summed E-state index contributed by atoms with van der Waals surface area (Å²) >= 11 is 0. The van der Waals surface area contributed by atoms with Gasteiger partial charge in [-0.2, -0.15) is 5.10 Å². The Balaban J connectivity index is 2.48. The number of hydrogen-bond donors (Lipinski definition) is 3. The minimum absolute atomic E-state index is 0.191. The molecule has 1 rings (SSSR count). The van der Waals surface area contributed by atoms with Crippen molar-refractivity contribution in [2.45, 2.75) is 19.0 Å². The SMILES string of the molecule is COCCn1cc(NC(=O)C(N)CC(N)=O)cn1. The second kappa shape index (κ2) is 6.72. The summed E-state index contributed by atoms with van der Waals surface area (Å²) in [5.41, 5.74) is 11.0. The molecular formula is C10H17N5O3. The molecule has 1 unspecified atom stereocenters. The molecule has 1 heterocycles. The molecule has 1 aromatic rings. The lowest BCUT2D eigenvalue weighted by Gasteiger charge is -2.08. The van der Waals surface area contributed by atoms with E-state index in [4.69, 9.17) is 16.2 Å². The minimum Gasteiger partial charge on any atom is -0.383 e. The third kappa shape index (κ3) is 4.52.